The molecule has 0 radical (unpaired) electrons. The highest BCUT2D eigenvalue weighted by Gasteiger charge is 2.29. The van der Waals surface area contributed by atoms with Crippen molar-refractivity contribution < 1.29 is 4.79 Å². The van der Waals surface area contributed by atoms with Crippen molar-refractivity contribution in [2.45, 2.75) is 39.7 Å². The second-order valence-corrected chi connectivity index (χ2v) is 10.1. The van der Waals surface area contributed by atoms with Gasteiger partial charge >= 0.3 is 0 Å². The molecular formula is C31H28N4OS. The third-order valence-electron chi connectivity index (χ3n) is 7.12. The van der Waals surface area contributed by atoms with Gasteiger partial charge in [0.25, 0.3) is 0 Å². The van der Waals surface area contributed by atoms with Crippen molar-refractivity contribution in [3.05, 3.63) is 101 Å². The van der Waals surface area contributed by atoms with Crippen LogP contribution in [0.25, 0.3) is 28.2 Å². The zero-order chi connectivity index (χ0) is 25.5. The summed E-state index contributed by atoms with van der Waals surface area (Å²) in [6, 6.07) is 26.5. The van der Waals surface area contributed by atoms with Crippen LogP contribution in [0.4, 0.5) is 5.69 Å². The summed E-state index contributed by atoms with van der Waals surface area (Å²) in [5.74, 6) is 1.01. The summed E-state index contributed by atoms with van der Waals surface area (Å²) in [5, 5.41) is 8.60. The first-order chi connectivity index (χ1) is 18.0. The van der Waals surface area contributed by atoms with Gasteiger partial charge in [0.1, 0.15) is 16.3 Å². The van der Waals surface area contributed by atoms with Crippen molar-refractivity contribution in [2.75, 3.05) is 5.32 Å². The highest BCUT2D eigenvalue weighted by Crippen LogP contribution is 2.38. The molecule has 0 unspecified atom stereocenters. The van der Waals surface area contributed by atoms with E-state index in [1.54, 1.807) is 6.92 Å². The van der Waals surface area contributed by atoms with E-state index < -0.39 is 0 Å². The number of nitrogens with zero attached hydrogens (tertiary/aromatic N) is 3. The Hall–Kier alpha value is -4.03. The molecule has 0 atom stereocenters. The van der Waals surface area contributed by atoms with Crippen LogP contribution in [0.3, 0.4) is 0 Å². The van der Waals surface area contributed by atoms with Crippen LogP contribution in [0.1, 0.15) is 46.9 Å². The van der Waals surface area contributed by atoms with E-state index in [0.717, 1.165) is 65.4 Å². The summed E-state index contributed by atoms with van der Waals surface area (Å²) >= 11 is 6.06. The van der Waals surface area contributed by atoms with Crippen LogP contribution < -0.4 is 5.32 Å². The maximum atomic E-state index is 11.7. The van der Waals surface area contributed by atoms with Gasteiger partial charge in [-0.3, -0.25) is 4.79 Å². The summed E-state index contributed by atoms with van der Waals surface area (Å²) in [5.41, 5.74) is 9.45. The molecule has 0 spiro atoms. The minimum Gasteiger partial charge on any atom is -0.345 e. The molecule has 6 heteroatoms. The van der Waals surface area contributed by atoms with Gasteiger partial charge in [0, 0.05) is 34.5 Å². The Morgan fingerprint density at radius 2 is 1.65 bits per heavy atom. The highest BCUT2D eigenvalue weighted by molar-refractivity contribution is 7.81. The molecule has 1 N–H and O–H groups in total. The number of Topliss-reactive ketones (excluding diaryl/α,β-unsaturated/α-hetero) is 1. The molecule has 0 fully saturated rings. The molecule has 5 nitrogen and oxygen atoms in total. The maximum absolute atomic E-state index is 11.7. The van der Waals surface area contributed by atoms with Crippen LogP contribution >= 0.6 is 12.2 Å². The number of ketones is 1. The third-order valence-corrected chi connectivity index (χ3v) is 7.42. The highest BCUT2D eigenvalue weighted by atomic mass is 32.1. The molecule has 2 aromatic heterocycles. The minimum absolute atomic E-state index is 0.0437. The lowest BCUT2D eigenvalue weighted by molar-refractivity contribution is 0.101. The van der Waals surface area contributed by atoms with Crippen LogP contribution in [0.2, 0.25) is 0 Å². The Bertz CT molecular complexity index is 1630. The Kier molecular flexibility index (Phi) is 5.97. The number of carbonyl (C=O) groups is 1. The van der Waals surface area contributed by atoms with Crippen LogP contribution in [0.15, 0.2) is 78.9 Å². The number of nitrogens with one attached hydrogen (secondary N) is 1. The van der Waals surface area contributed by atoms with Crippen LogP contribution in [-0.2, 0) is 13.0 Å². The largest absolute Gasteiger partial charge is 0.345 e. The van der Waals surface area contributed by atoms with E-state index in [1.165, 1.54) is 11.1 Å². The molecule has 0 bridgehead atoms. The van der Waals surface area contributed by atoms with Crippen molar-refractivity contribution in [1.82, 2.24) is 14.2 Å². The molecule has 3 heterocycles. The van der Waals surface area contributed by atoms with Crippen molar-refractivity contribution in [3.63, 3.8) is 0 Å². The van der Waals surface area contributed by atoms with Crippen molar-refractivity contribution in [2.24, 2.45) is 0 Å². The van der Waals surface area contributed by atoms with Gasteiger partial charge in [0.2, 0.25) is 0 Å². The monoisotopic (exact) mass is 504 g/mol. The van der Waals surface area contributed by atoms with E-state index in [1.807, 2.05) is 30.3 Å². The van der Waals surface area contributed by atoms with Gasteiger partial charge < -0.3 is 9.88 Å². The topological polar surface area (TPSA) is 51.3 Å². The number of aromatic nitrogens is 3. The Morgan fingerprint density at radius 1 is 0.919 bits per heavy atom. The van der Waals surface area contributed by atoms with E-state index in [2.05, 4.69) is 69.9 Å². The number of thiocarbonyl (C=S) groups is 1. The molecule has 0 aliphatic carbocycles. The van der Waals surface area contributed by atoms with Gasteiger partial charge in [0.15, 0.2) is 11.6 Å². The normalized spacial score (nSPS) is 12.9. The average molecular weight is 505 g/mol. The van der Waals surface area contributed by atoms with Gasteiger partial charge in [-0.05, 0) is 62.9 Å². The van der Waals surface area contributed by atoms with E-state index in [-0.39, 0.29) is 5.78 Å². The van der Waals surface area contributed by atoms with E-state index in [9.17, 15) is 4.79 Å². The molecule has 0 saturated carbocycles. The second kappa shape index (κ2) is 9.45. The summed E-state index contributed by atoms with van der Waals surface area (Å²) in [6.07, 6.45) is 3.19. The van der Waals surface area contributed by atoms with Gasteiger partial charge in [-0.25, -0.2) is 4.52 Å². The Balaban J connectivity index is 1.56. The first-order valence-corrected chi connectivity index (χ1v) is 13.1. The predicted molar refractivity (Wildman–Crippen MR) is 153 cm³/mol. The van der Waals surface area contributed by atoms with Gasteiger partial charge in [-0.15, -0.1) is 5.10 Å². The zero-order valence-corrected chi connectivity index (χ0v) is 21.8. The zero-order valence-electron chi connectivity index (χ0n) is 21.0. The van der Waals surface area contributed by atoms with Crippen LogP contribution in [0, 0.1) is 6.92 Å². The molecule has 5 aromatic rings. The fraction of sp³-hybridized carbons (Fsp3) is 0.194. The molecule has 1 aliphatic rings. The number of hydrogen-bond donors (Lipinski definition) is 1. The van der Waals surface area contributed by atoms with Crippen LogP contribution in [-0.4, -0.2) is 25.0 Å². The summed E-state index contributed by atoms with van der Waals surface area (Å²) in [6.45, 7) is 4.60. The third kappa shape index (κ3) is 4.17. The molecule has 184 valence electrons. The summed E-state index contributed by atoms with van der Waals surface area (Å²) in [4.78, 5) is 12.3. The van der Waals surface area contributed by atoms with Gasteiger partial charge in [-0.1, -0.05) is 72.4 Å². The van der Waals surface area contributed by atoms with E-state index in [4.69, 9.17) is 17.3 Å². The second-order valence-electron chi connectivity index (χ2n) is 9.69. The molecule has 6 rings (SSSR count). The maximum Gasteiger partial charge on any atom is 0.162 e. The molecule has 0 saturated heterocycles. The first kappa shape index (κ1) is 23.4. The smallest absolute Gasteiger partial charge is 0.162 e. The fourth-order valence-electron chi connectivity index (χ4n) is 5.26. The molecule has 1 aliphatic heterocycles. The minimum atomic E-state index is 0.0437. The number of anilines is 1. The number of rotatable bonds is 5. The van der Waals surface area contributed by atoms with Crippen molar-refractivity contribution in [3.8, 4) is 22.5 Å². The quantitative estimate of drug-likeness (QED) is 0.205. The van der Waals surface area contributed by atoms with Gasteiger partial charge in [-0.2, -0.15) is 0 Å². The molecular weight excluding hydrogens is 476 g/mol. The Labute approximate surface area is 221 Å². The van der Waals surface area contributed by atoms with E-state index >= 15 is 0 Å². The Morgan fingerprint density at radius 3 is 2.35 bits per heavy atom. The fourth-order valence-corrected chi connectivity index (χ4v) is 5.56. The SMILES string of the molecule is CC(=O)c1ccc(NC(=S)c2c(-c3ccc(C)cc3)c3c4n(c(-c5ccccc5)nn24)CCCC3)cc1. The molecule has 3 aromatic carbocycles. The molecule has 37 heavy (non-hydrogen) atoms. The van der Waals surface area contributed by atoms with Gasteiger partial charge in [0.05, 0.1) is 0 Å². The lowest BCUT2D eigenvalue weighted by atomic mass is 9.97. The van der Waals surface area contributed by atoms with Crippen molar-refractivity contribution in [1.29, 1.82) is 0 Å². The lowest BCUT2D eigenvalue weighted by Gasteiger charge is -2.12. The summed E-state index contributed by atoms with van der Waals surface area (Å²) < 4.78 is 4.42. The van der Waals surface area contributed by atoms with Crippen LogP contribution in [0.5, 0.6) is 0 Å². The number of hydrogen-bond acceptors (Lipinski definition) is 3. The standard InChI is InChI=1S/C31H28N4OS/c1-20-11-13-23(14-12-20)27-26-10-6-7-19-34-29(24-8-4-3-5-9-24)33-35(31(26)34)28(27)30(37)32-25-17-15-22(16-18-25)21(2)36/h3-5,8-9,11-18H,6-7,10,19H2,1-2H3,(H,32,37). The van der Waals surface area contributed by atoms with Crippen molar-refractivity contribution >= 4 is 34.3 Å². The average Bonchev–Trinajstić information content (AvgIpc) is 3.33. The number of benzene rings is 3. The summed E-state index contributed by atoms with van der Waals surface area (Å²) in [7, 11) is 0. The predicted octanol–water partition coefficient (Wildman–Crippen LogP) is 7.10. The number of carbonyl (C=O) groups excluding carboxylic acids is 1. The van der Waals surface area contributed by atoms with E-state index in [0.29, 0.717) is 10.6 Å². The molecule has 0 amide bonds. The lowest BCUT2D eigenvalue weighted by Crippen LogP contribution is -2.15. The number of aryl methyl sites for hydroxylation is 3. The first-order valence-electron chi connectivity index (χ1n) is 12.7.